The maximum Gasteiger partial charge on any atom is 0.223 e. The maximum absolute atomic E-state index is 5.14. The second-order valence-electron chi connectivity index (χ2n) is 6.09. The van der Waals surface area contributed by atoms with Crippen molar-refractivity contribution in [1.82, 2.24) is 30.4 Å². The summed E-state index contributed by atoms with van der Waals surface area (Å²) in [4.78, 5) is 13.5. The van der Waals surface area contributed by atoms with Gasteiger partial charge in [-0.05, 0) is 13.8 Å². The molecule has 0 bridgehead atoms. The van der Waals surface area contributed by atoms with Gasteiger partial charge in [-0.2, -0.15) is 4.98 Å². The lowest BCUT2D eigenvalue weighted by Gasteiger charge is -2.36. The van der Waals surface area contributed by atoms with Crippen molar-refractivity contribution in [2.75, 3.05) is 32.7 Å². The number of aryl methyl sites for hydroxylation is 2. The minimum absolute atomic E-state index is 0.415. The Morgan fingerprint density at radius 1 is 1.20 bits per heavy atom. The molecule has 1 aliphatic heterocycles. The Morgan fingerprint density at radius 2 is 2.00 bits per heavy atom. The van der Waals surface area contributed by atoms with Gasteiger partial charge in [-0.3, -0.25) is 4.90 Å². The van der Waals surface area contributed by atoms with Crippen LogP contribution in [0, 0.1) is 13.8 Å². The molecule has 25 heavy (non-hydrogen) atoms. The van der Waals surface area contributed by atoms with E-state index in [0.717, 1.165) is 56.7 Å². The molecule has 1 aliphatic rings. The fourth-order valence-corrected chi connectivity index (χ4v) is 2.82. The molecule has 1 fully saturated rings. The van der Waals surface area contributed by atoms with E-state index in [1.807, 2.05) is 13.0 Å². The van der Waals surface area contributed by atoms with Crippen LogP contribution in [0.25, 0.3) is 0 Å². The number of aliphatic imine (C=N–C) groups is 1. The van der Waals surface area contributed by atoms with E-state index in [0.29, 0.717) is 18.3 Å². The standard InChI is InChI=1S/C16H25N7O2/c1-4-17-16(18-10-15-19-13(3)25-21-15)23-7-5-22(6-8-23)11-14-9-12(2)24-20-14/h9H,4-8,10-11H2,1-3H3,(H,17,18). The Bertz CT molecular complexity index is 701. The van der Waals surface area contributed by atoms with Gasteiger partial charge in [0.1, 0.15) is 12.3 Å². The zero-order valence-corrected chi connectivity index (χ0v) is 15.0. The molecule has 2 aromatic rings. The predicted octanol–water partition coefficient (Wildman–Crippen LogP) is 0.958. The van der Waals surface area contributed by atoms with Crippen LogP contribution in [0.3, 0.4) is 0 Å². The van der Waals surface area contributed by atoms with Crippen LogP contribution in [0.5, 0.6) is 0 Å². The first-order valence-electron chi connectivity index (χ1n) is 8.61. The van der Waals surface area contributed by atoms with Crippen LogP contribution in [0.15, 0.2) is 20.1 Å². The first-order valence-corrected chi connectivity index (χ1v) is 8.61. The Kier molecular flexibility index (Phi) is 5.64. The zero-order chi connectivity index (χ0) is 17.6. The summed E-state index contributed by atoms with van der Waals surface area (Å²) in [6, 6.07) is 1.99. The highest BCUT2D eigenvalue weighted by Gasteiger charge is 2.20. The highest BCUT2D eigenvalue weighted by Crippen LogP contribution is 2.09. The molecule has 0 aliphatic carbocycles. The number of nitrogens with zero attached hydrogens (tertiary/aromatic N) is 6. The van der Waals surface area contributed by atoms with Crippen LogP contribution in [-0.4, -0.2) is 63.8 Å². The van der Waals surface area contributed by atoms with Gasteiger partial charge in [0.2, 0.25) is 5.89 Å². The minimum atomic E-state index is 0.415. The fraction of sp³-hybridized carbons (Fsp3) is 0.625. The number of hydrogen-bond acceptors (Lipinski definition) is 7. The predicted molar refractivity (Wildman–Crippen MR) is 91.9 cm³/mol. The van der Waals surface area contributed by atoms with Crippen molar-refractivity contribution in [2.45, 2.75) is 33.9 Å². The van der Waals surface area contributed by atoms with Gasteiger partial charge in [-0.1, -0.05) is 10.3 Å². The summed E-state index contributed by atoms with van der Waals surface area (Å²) in [5.74, 6) is 2.91. The smallest absolute Gasteiger partial charge is 0.223 e. The molecule has 0 saturated carbocycles. The highest BCUT2D eigenvalue weighted by atomic mass is 16.5. The van der Waals surface area contributed by atoms with E-state index in [9.17, 15) is 0 Å². The third kappa shape index (κ3) is 4.79. The Balaban J connectivity index is 1.54. The number of piperazine rings is 1. The fourth-order valence-electron chi connectivity index (χ4n) is 2.82. The van der Waals surface area contributed by atoms with E-state index >= 15 is 0 Å². The average Bonchev–Trinajstić information content (AvgIpc) is 3.20. The van der Waals surface area contributed by atoms with Crippen LogP contribution in [0.4, 0.5) is 0 Å². The van der Waals surface area contributed by atoms with Crippen molar-refractivity contribution in [1.29, 1.82) is 0 Å². The molecule has 9 nitrogen and oxygen atoms in total. The van der Waals surface area contributed by atoms with E-state index in [4.69, 9.17) is 9.05 Å². The Hall–Kier alpha value is -2.42. The summed E-state index contributed by atoms with van der Waals surface area (Å²) in [6.45, 7) is 11.6. The number of aromatic nitrogens is 3. The molecular formula is C16H25N7O2. The van der Waals surface area contributed by atoms with Gasteiger partial charge < -0.3 is 19.3 Å². The van der Waals surface area contributed by atoms with E-state index in [1.54, 1.807) is 6.92 Å². The number of nitrogens with one attached hydrogen (secondary N) is 1. The van der Waals surface area contributed by atoms with Crippen LogP contribution < -0.4 is 5.32 Å². The van der Waals surface area contributed by atoms with E-state index in [1.165, 1.54) is 0 Å². The van der Waals surface area contributed by atoms with Crippen LogP contribution in [-0.2, 0) is 13.1 Å². The van der Waals surface area contributed by atoms with Crippen LogP contribution in [0.1, 0.15) is 30.1 Å². The maximum atomic E-state index is 5.14. The van der Waals surface area contributed by atoms with Crippen LogP contribution in [0.2, 0.25) is 0 Å². The van der Waals surface area contributed by atoms with Crippen molar-refractivity contribution in [3.05, 3.63) is 29.2 Å². The monoisotopic (exact) mass is 347 g/mol. The molecule has 3 heterocycles. The van der Waals surface area contributed by atoms with E-state index in [-0.39, 0.29) is 0 Å². The van der Waals surface area contributed by atoms with Crippen molar-refractivity contribution in [3.8, 4) is 0 Å². The van der Waals surface area contributed by atoms with Crippen molar-refractivity contribution in [2.24, 2.45) is 4.99 Å². The SMILES string of the molecule is CCNC(=NCc1noc(C)n1)N1CCN(Cc2cc(C)on2)CC1. The number of guanidine groups is 1. The Labute approximate surface area is 147 Å². The highest BCUT2D eigenvalue weighted by molar-refractivity contribution is 5.80. The van der Waals surface area contributed by atoms with E-state index < -0.39 is 0 Å². The second kappa shape index (κ2) is 8.11. The molecule has 136 valence electrons. The molecule has 0 atom stereocenters. The summed E-state index contributed by atoms with van der Waals surface area (Å²) in [5.41, 5.74) is 0.985. The third-order valence-corrected chi connectivity index (χ3v) is 4.01. The zero-order valence-electron chi connectivity index (χ0n) is 15.0. The summed E-state index contributed by atoms with van der Waals surface area (Å²) in [7, 11) is 0. The van der Waals surface area contributed by atoms with Crippen molar-refractivity contribution < 1.29 is 9.05 Å². The molecule has 9 heteroatoms. The normalized spacial score (nSPS) is 16.4. The number of rotatable bonds is 5. The summed E-state index contributed by atoms with van der Waals surface area (Å²) in [6.07, 6.45) is 0. The van der Waals surface area contributed by atoms with Gasteiger partial charge >= 0.3 is 0 Å². The molecule has 1 N–H and O–H groups in total. The first-order chi connectivity index (χ1) is 12.1. The molecule has 0 aromatic carbocycles. The first kappa shape index (κ1) is 17.4. The van der Waals surface area contributed by atoms with Gasteiger partial charge in [-0.25, -0.2) is 4.99 Å². The lowest BCUT2D eigenvalue weighted by Crippen LogP contribution is -2.52. The summed E-state index contributed by atoms with van der Waals surface area (Å²) < 4.78 is 10.1. The molecule has 2 aromatic heterocycles. The average molecular weight is 347 g/mol. The third-order valence-electron chi connectivity index (χ3n) is 4.01. The molecule has 0 unspecified atom stereocenters. The molecule has 0 amide bonds. The quantitative estimate of drug-likeness (QED) is 0.631. The topological polar surface area (TPSA) is 95.8 Å². The van der Waals surface area contributed by atoms with Gasteiger partial charge in [0.25, 0.3) is 0 Å². The van der Waals surface area contributed by atoms with Crippen molar-refractivity contribution in [3.63, 3.8) is 0 Å². The molecular weight excluding hydrogens is 322 g/mol. The van der Waals surface area contributed by atoms with Crippen LogP contribution >= 0.6 is 0 Å². The lowest BCUT2D eigenvalue weighted by molar-refractivity contribution is 0.169. The van der Waals surface area contributed by atoms with Gasteiger partial charge in [0, 0.05) is 52.3 Å². The minimum Gasteiger partial charge on any atom is -0.361 e. The van der Waals surface area contributed by atoms with Gasteiger partial charge in [0.15, 0.2) is 11.8 Å². The number of hydrogen-bond donors (Lipinski definition) is 1. The van der Waals surface area contributed by atoms with Gasteiger partial charge in [0.05, 0.1) is 5.69 Å². The van der Waals surface area contributed by atoms with Gasteiger partial charge in [-0.15, -0.1) is 0 Å². The molecule has 3 rings (SSSR count). The Morgan fingerprint density at radius 3 is 2.60 bits per heavy atom. The molecule has 0 radical (unpaired) electrons. The summed E-state index contributed by atoms with van der Waals surface area (Å²) in [5, 5.41) is 11.3. The summed E-state index contributed by atoms with van der Waals surface area (Å²) >= 11 is 0. The van der Waals surface area contributed by atoms with Crippen molar-refractivity contribution >= 4 is 5.96 Å². The largest absolute Gasteiger partial charge is 0.361 e. The second-order valence-corrected chi connectivity index (χ2v) is 6.09. The lowest BCUT2D eigenvalue weighted by atomic mass is 10.3. The van der Waals surface area contributed by atoms with E-state index in [2.05, 4.69) is 42.3 Å². The molecule has 0 spiro atoms. The molecule has 1 saturated heterocycles.